The van der Waals surface area contributed by atoms with Crippen LogP contribution in [0.25, 0.3) is 0 Å². The van der Waals surface area contributed by atoms with Crippen LogP contribution in [0.1, 0.15) is 25.7 Å². The fraction of sp³-hybridized carbons (Fsp3) is 0.900. The smallest absolute Gasteiger partial charge is 0.0963 e. The van der Waals surface area contributed by atoms with Gasteiger partial charge < -0.3 is 10.6 Å². The minimum atomic E-state index is 0.865. The van der Waals surface area contributed by atoms with E-state index < -0.39 is 0 Å². The normalized spacial score (nSPS) is 24.5. The second-order valence-corrected chi connectivity index (χ2v) is 4.01. The maximum absolute atomic E-state index is 4.41. The Morgan fingerprint density at radius 2 is 2.23 bits per heavy atom. The van der Waals surface area contributed by atoms with Gasteiger partial charge in [-0.25, -0.2) is 0 Å². The lowest BCUT2D eigenvalue weighted by molar-refractivity contribution is 0.372. The summed E-state index contributed by atoms with van der Waals surface area (Å²) in [4.78, 5) is 4.41. The molecule has 3 nitrogen and oxygen atoms in total. The van der Waals surface area contributed by atoms with Gasteiger partial charge in [0.1, 0.15) is 0 Å². The first-order chi connectivity index (χ1) is 6.45. The molecule has 2 rings (SSSR count). The fourth-order valence-corrected chi connectivity index (χ4v) is 2.03. The molecule has 13 heavy (non-hydrogen) atoms. The van der Waals surface area contributed by atoms with Crippen LogP contribution < -0.4 is 10.6 Å². The molecular weight excluding hydrogens is 162 g/mol. The van der Waals surface area contributed by atoms with Gasteiger partial charge in [-0.05, 0) is 38.3 Å². The quantitative estimate of drug-likeness (QED) is 0.660. The van der Waals surface area contributed by atoms with Crippen LogP contribution in [-0.2, 0) is 0 Å². The van der Waals surface area contributed by atoms with Gasteiger partial charge in [0, 0.05) is 19.5 Å². The first-order valence-corrected chi connectivity index (χ1v) is 5.43. The monoisotopic (exact) mass is 181 g/mol. The van der Waals surface area contributed by atoms with Gasteiger partial charge in [-0.3, -0.25) is 4.99 Å². The van der Waals surface area contributed by atoms with Gasteiger partial charge in [-0.1, -0.05) is 0 Å². The molecule has 2 heterocycles. The van der Waals surface area contributed by atoms with E-state index in [0.717, 1.165) is 19.0 Å². The molecular formula is C10H19N3. The lowest BCUT2D eigenvalue weighted by Crippen LogP contribution is -2.35. The third kappa shape index (κ3) is 2.69. The highest BCUT2D eigenvalue weighted by Crippen LogP contribution is 2.10. The van der Waals surface area contributed by atoms with Crippen molar-refractivity contribution in [3.05, 3.63) is 0 Å². The summed E-state index contributed by atoms with van der Waals surface area (Å²) in [5.41, 5.74) is 0. The van der Waals surface area contributed by atoms with Crippen molar-refractivity contribution in [1.29, 1.82) is 0 Å². The van der Waals surface area contributed by atoms with Crippen molar-refractivity contribution in [3.63, 3.8) is 0 Å². The third-order valence-corrected chi connectivity index (χ3v) is 2.93. The standard InChI is InChI=1S/C10H19N3/c1-2-10(12-5-1)13-8-9-3-6-11-7-4-9/h9,11H,1-8H2,(H,12,13). The van der Waals surface area contributed by atoms with E-state index in [1.54, 1.807) is 0 Å². The van der Waals surface area contributed by atoms with Crippen LogP contribution in [0.5, 0.6) is 0 Å². The molecule has 0 saturated carbocycles. The van der Waals surface area contributed by atoms with Crippen molar-refractivity contribution in [2.24, 2.45) is 10.9 Å². The molecule has 0 aliphatic carbocycles. The Hall–Kier alpha value is -0.570. The predicted octanol–water partition coefficient (Wildman–Crippen LogP) is 0.768. The molecule has 1 fully saturated rings. The molecule has 74 valence electrons. The summed E-state index contributed by atoms with van der Waals surface area (Å²) >= 11 is 0. The molecule has 0 radical (unpaired) electrons. The Morgan fingerprint density at radius 1 is 1.38 bits per heavy atom. The van der Waals surface area contributed by atoms with Gasteiger partial charge in [-0.2, -0.15) is 0 Å². The molecule has 0 atom stereocenters. The minimum absolute atomic E-state index is 0.865. The summed E-state index contributed by atoms with van der Waals surface area (Å²) < 4.78 is 0. The van der Waals surface area contributed by atoms with E-state index in [2.05, 4.69) is 15.6 Å². The molecule has 0 bridgehead atoms. The number of amidine groups is 1. The van der Waals surface area contributed by atoms with E-state index in [1.807, 2.05) is 0 Å². The number of piperidine rings is 1. The zero-order valence-electron chi connectivity index (χ0n) is 8.18. The summed E-state index contributed by atoms with van der Waals surface area (Å²) in [6.07, 6.45) is 5.06. The molecule has 0 aromatic heterocycles. The average molecular weight is 181 g/mol. The van der Waals surface area contributed by atoms with Crippen molar-refractivity contribution in [2.45, 2.75) is 25.7 Å². The number of hydrogen-bond donors (Lipinski definition) is 2. The van der Waals surface area contributed by atoms with Crippen LogP contribution in [0.2, 0.25) is 0 Å². The maximum atomic E-state index is 4.41. The van der Waals surface area contributed by atoms with Crippen LogP contribution in [0, 0.1) is 5.92 Å². The van der Waals surface area contributed by atoms with Gasteiger partial charge in [0.25, 0.3) is 0 Å². The number of nitrogens with one attached hydrogen (secondary N) is 2. The number of hydrogen-bond acceptors (Lipinski definition) is 3. The molecule has 1 saturated heterocycles. The van der Waals surface area contributed by atoms with Crippen molar-refractivity contribution >= 4 is 5.84 Å². The lowest BCUT2D eigenvalue weighted by Gasteiger charge is -2.23. The number of rotatable bonds is 2. The second kappa shape index (κ2) is 4.61. The summed E-state index contributed by atoms with van der Waals surface area (Å²) in [7, 11) is 0. The van der Waals surface area contributed by atoms with E-state index in [9.17, 15) is 0 Å². The van der Waals surface area contributed by atoms with Crippen LogP contribution in [0.3, 0.4) is 0 Å². The Kier molecular flexibility index (Phi) is 3.19. The zero-order chi connectivity index (χ0) is 8.93. The highest BCUT2D eigenvalue weighted by molar-refractivity contribution is 5.83. The third-order valence-electron chi connectivity index (χ3n) is 2.93. The van der Waals surface area contributed by atoms with E-state index in [4.69, 9.17) is 0 Å². The molecule has 2 aliphatic rings. The van der Waals surface area contributed by atoms with Crippen molar-refractivity contribution in [2.75, 3.05) is 26.2 Å². The van der Waals surface area contributed by atoms with Gasteiger partial charge in [-0.15, -0.1) is 0 Å². The Labute approximate surface area is 80.0 Å². The number of nitrogens with zero attached hydrogens (tertiary/aromatic N) is 1. The van der Waals surface area contributed by atoms with E-state index in [-0.39, 0.29) is 0 Å². The Morgan fingerprint density at radius 3 is 2.92 bits per heavy atom. The summed E-state index contributed by atoms with van der Waals surface area (Å²) in [6.45, 7) is 4.56. The highest BCUT2D eigenvalue weighted by atomic mass is 15.0. The van der Waals surface area contributed by atoms with E-state index in [1.165, 1.54) is 44.6 Å². The molecule has 3 heteroatoms. The van der Waals surface area contributed by atoms with E-state index >= 15 is 0 Å². The molecule has 0 aromatic carbocycles. The summed E-state index contributed by atoms with van der Waals surface area (Å²) in [6, 6.07) is 0. The zero-order valence-corrected chi connectivity index (χ0v) is 8.18. The van der Waals surface area contributed by atoms with Crippen molar-refractivity contribution in [1.82, 2.24) is 10.6 Å². The molecule has 0 spiro atoms. The largest absolute Gasteiger partial charge is 0.374 e. The SMILES string of the molecule is C1CN=C(NCC2CCNCC2)C1. The average Bonchev–Trinajstić information content (AvgIpc) is 2.69. The van der Waals surface area contributed by atoms with Gasteiger partial charge in [0.2, 0.25) is 0 Å². The van der Waals surface area contributed by atoms with Crippen LogP contribution >= 0.6 is 0 Å². The lowest BCUT2D eigenvalue weighted by atomic mass is 9.98. The van der Waals surface area contributed by atoms with Gasteiger partial charge >= 0.3 is 0 Å². The number of aliphatic imine (C=N–C) groups is 1. The first-order valence-electron chi connectivity index (χ1n) is 5.43. The van der Waals surface area contributed by atoms with Crippen molar-refractivity contribution < 1.29 is 0 Å². The molecule has 2 N–H and O–H groups in total. The van der Waals surface area contributed by atoms with Crippen LogP contribution in [-0.4, -0.2) is 32.0 Å². The summed E-state index contributed by atoms with van der Waals surface area (Å²) in [5.74, 6) is 2.11. The molecule has 2 aliphatic heterocycles. The molecule has 0 aromatic rings. The highest BCUT2D eigenvalue weighted by Gasteiger charge is 2.13. The van der Waals surface area contributed by atoms with Crippen LogP contribution in [0.4, 0.5) is 0 Å². The second-order valence-electron chi connectivity index (χ2n) is 4.01. The van der Waals surface area contributed by atoms with E-state index in [0.29, 0.717) is 0 Å². The predicted molar refractivity (Wildman–Crippen MR) is 55.1 cm³/mol. The Bertz CT molecular complexity index is 183. The summed E-state index contributed by atoms with van der Waals surface area (Å²) in [5, 5.41) is 6.86. The Balaban J connectivity index is 1.66. The fourth-order valence-electron chi connectivity index (χ4n) is 2.03. The van der Waals surface area contributed by atoms with Crippen molar-refractivity contribution in [3.8, 4) is 0 Å². The van der Waals surface area contributed by atoms with Gasteiger partial charge in [0.15, 0.2) is 0 Å². The molecule has 0 amide bonds. The molecule has 0 unspecified atom stereocenters. The van der Waals surface area contributed by atoms with Crippen LogP contribution in [0.15, 0.2) is 4.99 Å². The maximum Gasteiger partial charge on any atom is 0.0963 e. The first kappa shape index (κ1) is 9.00. The topological polar surface area (TPSA) is 36.4 Å². The van der Waals surface area contributed by atoms with Gasteiger partial charge in [0.05, 0.1) is 5.84 Å². The minimum Gasteiger partial charge on any atom is -0.374 e.